The van der Waals surface area contributed by atoms with E-state index >= 15 is 0 Å². The highest BCUT2D eigenvalue weighted by Gasteiger charge is 2.26. The van der Waals surface area contributed by atoms with Crippen LogP contribution in [0.5, 0.6) is 5.75 Å². The molecule has 8 bridgehead atoms. The van der Waals surface area contributed by atoms with Crippen LogP contribution in [0.4, 0.5) is 0 Å². The number of piperidine rings is 1. The van der Waals surface area contributed by atoms with Crippen molar-refractivity contribution in [3.8, 4) is 51.3 Å². The third kappa shape index (κ3) is 4.74. The van der Waals surface area contributed by atoms with E-state index in [4.69, 9.17) is 34.6 Å². The van der Waals surface area contributed by atoms with Crippen molar-refractivity contribution in [2.24, 2.45) is 0 Å². The van der Waals surface area contributed by atoms with Gasteiger partial charge in [0.25, 0.3) is 0 Å². The predicted octanol–water partition coefficient (Wildman–Crippen LogP) is 7.88. The molecule has 0 atom stereocenters. The first-order valence-corrected chi connectivity index (χ1v) is 17.3. The van der Waals surface area contributed by atoms with Crippen molar-refractivity contribution in [3.05, 3.63) is 91.0 Å². The second kappa shape index (κ2) is 11.3. The van der Waals surface area contributed by atoms with Gasteiger partial charge in [-0.25, -0.2) is 29.9 Å². The summed E-state index contributed by atoms with van der Waals surface area (Å²) in [5.74, 6) is 3.06. The Balaban J connectivity index is 1.27. The van der Waals surface area contributed by atoms with Crippen LogP contribution < -0.4 is 4.74 Å². The first kappa shape index (κ1) is 29.0. The standard InChI is InChI=1S/C40H34N9O/c1-49(20-9-2-10-21-49)22-23-50-31-19-11-18-30-32(31)40-47-38-29-17-8-7-16-28(29)36(45-38)43-34-25-13-4-3-12-24(25)33(41-34)42-35-26-14-5-6-15-27(26)37(44-35)46-39(30)48-40/h3-8,11-19H,2,9-10,20-23H2,1H3,(H2,41,42,43,44,45,46,47,48)/q+1. The molecule has 50 heavy (non-hydrogen) atoms. The van der Waals surface area contributed by atoms with Gasteiger partial charge in [0.15, 0.2) is 23.3 Å². The van der Waals surface area contributed by atoms with E-state index < -0.39 is 0 Å². The van der Waals surface area contributed by atoms with Gasteiger partial charge in [-0.2, -0.15) is 0 Å². The highest BCUT2D eigenvalue weighted by atomic mass is 16.5. The zero-order valence-corrected chi connectivity index (χ0v) is 27.6. The molecule has 3 aromatic heterocycles. The third-order valence-corrected chi connectivity index (χ3v) is 10.3. The Bertz CT molecular complexity index is 2650. The van der Waals surface area contributed by atoms with Crippen LogP contribution in [0.2, 0.25) is 0 Å². The lowest BCUT2D eigenvalue weighted by molar-refractivity contribution is -0.914. The van der Waals surface area contributed by atoms with Crippen LogP contribution in [0.3, 0.4) is 0 Å². The van der Waals surface area contributed by atoms with Gasteiger partial charge in [-0.05, 0) is 25.3 Å². The fraction of sp³-hybridized carbons (Fsp3) is 0.200. The Morgan fingerprint density at radius 1 is 0.520 bits per heavy atom. The molecule has 0 saturated carbocycles. The number of benzene rings is 4. The van der Waals surface area contributed by atoms with Gasteiger partial charge in [0, 0.05) is 38.4 Å². The molecule has 4 aromatic carbocycles. The Kier molecular flexibility index (Phi) is 6.53. The van der Waals surface area contributed by atoms with Crippen LogP contribution >= 0.6 is 0 Å². The lowest BCUT2D eigenvalue weighted by Gasteiger charge is -2.37. The van der Waals surface area contributed by atoms with Gasteiger partial charge < -0.3 is 19.2 Å². The fourth-order valence-corrected chi connectivity index (χ4v) is 7.65. The Morgan fingerprint density at radius 3 is 1.60 bits per heavy atom. The summed E-state index contributed by atoms with van der Waals surface area (Å²) in [5.41, 5.74) is 6.29. The SMILES string of the molecule is C[N+]1(CCOc2cccc3c4nc5nc(nc6nc(nc7[nH]c(nc([nH]4)c23)c2ccccc72)-c2ccccc2-6)-c2ccccc2-5)CCCCC1. The summed E-state index contributed by atoms with van der Waals surface area (Å²) in [6.07, 6.45) is 3.87. The molecule has 0 radical (unpaired) electrons. The van der Waals surface area contributed by atoms with Gasteiger partial charge in [-0.3, -0.25) is 0 Å². The minimum atomic E-state index is 0.563. The molecule has 0 amide bonds. The average molecular weight is 657 g/mol. The largest absolute Gasteiger partial charge is 0.487 e. The van der Waals surface area contributed by atoms with Gasteiger partial charge >= 0.3 is 0 Å². The van der Waals surface area contributed by atoms with Gasteiger partial charge in [-0.1, -0.05) is 84.9 Å². The first-order valence-electron chi connectivity index (χ1n) is 17.3. The van der Waals surface area contributed by atoms with E-state index in [1.54, 1.807) is 0 Å². The predicted molar refractivity (Wildman–Crippen MR) is 196 cm³/mol. The number of hydrogen-bond acceptors (Lipinski definition) is 7. The zero-order valence-electron chi connectivity index (χ0n) is 27.6. The number of likely N-dealkylation sites (N-methyl/N-ethyl adjacent to an activating group) is 1. The third-order valence-electron chi connectivity index (χ3n) is 10.3. The van der Waals surface area contributed by atoms with Crippen LogP contribution in [0, 0.1) is 0 Å². The fourth-order valence-electron chi connectivity index (χ4n) is 7.65. The number of likely N-dealkylation sites (tertiary alicyclic amines) is 1. The van der Waals surface area contributed by atoms with Crippen LogP contribution in [-0.4, -0.2) is 77.6 Å². The van der Waals surface area contributed by atoms with Gasteiger partial charge in [0.2, 0.25) is 0 Å². The van der Waals surface area contributed by atoms with Crippen molar-refractivity contribution in [3.63, 3.8) is 0 Å². The molecule has 1 fully saturated rings. The monoisotopic (exact) mass is 656 g/mol. The molecule has 7 aromatic rings. The number of rotatable bonds is 4. The summed E-state index contributed by atoms with van der Waals surface area (Å²) in [7, 11) is 2.35. The van der Waals surface area contributed by atoms with Crippen molar-refractivity contribution >= 4 is 44.1 Å². The Morgan fingerprint density at radius 2 is 1.00 bits per heavy atom. The van der Waals surface area contributed by atoms with Crippen molar-refractivity contribution in [2.45, 2.75) is 19.3 Å². The van der Waals surface area contributed by atoms with Gasteiger partial charge in [0.05, 0.1) is 25.5 Å². The number of aromatic nitrogens is 8. The summed E-state index contributed by atoms with van der Waals surface area (Å²) < 4.78 is 7.65. The quantitative estimate of drug-likeness (QED) is 0.185. The Labute approximate surface area is 287 Å². The summed E-state index contributed by atoms with van der Waals surface area (Å²) in [6, 6.07) is 30.4. The number of hydrogen-bond donors (Lipinski definition) is 2. The summed E-state index contributed by atoms with van der Waals surface area (Å²) in [4.78, 5) is 37.6. The topological polar surface area (TPSA) is 118 Å². The number of quaternary nitrogens is 1. The number of nitrogens with one attached hydrogen (secondary N) is 2. The molecule has 10 rings (SSSR count). The normalized spacial score (nSPS) is 14.8. The van der Waals surface area contributed by atoms with E-state index in [2.05, 4.69) is 35.2 Å². The summed E-state index contributed by atoms with van der Waals surface area (Å²) in [6.45, 7) is 3.96. The second-order valence-electron chi connectivity index (χ2n) is 13.6. The number of ether oxygens (including phenoxy) is 1. The molecule has 244 valence electrons. The Hall–Kier alpha value is -6.00. The molecule has 2 N–H and O–H groups in total. The van der Waals surface area contributed by atoms with Crippen molar-refractivity contribution in [1.82, 2.24) is 39.9 Å². The lowest BCUT2D eigenvalue weighted by Crippen LogP contribution is -2.50. The van der Waals surface area contributed by atoms with E-state index in [1.807, 2.05) is 72.8 Å². The molecule has 3 aliphatic heterocycles. The molecule has 6 heterocycles. The van der Waals surface area contributed by atoms with Crippen LogP contribution in [-0.2, 0) is 0 Å². The minimum Gasteiger partial charge on any atom is -0.487 e. The highest BCUT2D eigenvalue weighted by molar-refractivity contribution is 6.10. The van der Waals surface area contributed by atoms with E-state index in [-0.39, 0.29) is 0 Å². The molecule has 10 nitrogen and oxygen atoms in total. The van der Waals surface area contributed by atoms with E-state index in [0.717, 1.165) is 60.6 Å². The molecular formula is C40H34N9O+. The maximum Gasteiger partial charge on any atom is 0.164 e. The van der Waals surface area contributed by atoms with Gasteiger partial charge in [0.1, 0.15) is 41.5 Å². The number of fused-ring (bicyclic) bond motifs is 20. The molecule has 10 heteroatoms. The summed E-state index contributed by atoms with van der Waals surface area (Å²) >= 11 is 0. The molecule has 0 unspecified atom stereocenters. The van der Waals surface area contributed by atoms with Crippen molar-refractivity contribution < 1.29 is 9.22 Å². The number of H-pyrrole nitrogens is 2. The maximum absolute atomic E-state index is 6.61. The van der Waals surface area contributed by atoms with Crippen LogP contribution in [0.15, 0.2) is 91.0 Å². The maximum atomic E-state index is 6.61. The van der Waals surface area contributed by atoms with Crippen molar-refractivity contribution in [1.29, 1.82) is 0 Å². The van der Waals surface area contributed by atoms with E-state index in [9.17, 15) is 0 Å². The lowest BCUT2D eigenvalue weighted by atomic mass is 10.1. The van der Waals surface area contributed by atoms with Crippen LogP contribution in [0.1, 0.15) is 19.3 Å². The van der Waals surface area contributed by atoms with Crippen molar-refractivity contribution in [2.75, 3.05) is 33.3 Å². The molecule has 3 aliphatic rings. The zero-order chi connectivity index (χ0) is 33.2. The first-order chi connectivity index (χ1) is 24.6. The van der Waals surface area contributed by atoms with E-state index in [1.165, 1.54) is 32.4 Å². The highest BCUT2D eigenvalue weighted by Crippen LogP contribution is 2.38. The average Bonchev–Trinajstić information content (AvgIpc) is 3.88. The summed E-state index contributed by atoms with van der Waals surface area (Å²) in [5, 5.41) is 3.68. The molecule has 0 spiro atoms. The number of aromatic amines is 2. The second-order valence-corrected chi connectivity index (χ2v) is 13.6. The minimum absolute atomic E-state index is 0.563. The van der Waals surface area contributed by atoms with Gasteiger partial charge in [-0.15, -0.1) is 0 Å². The molecule has 1 saturated heterocycles. The number of nitrogens with zero attached hydrogens (tertiary/aromatic N) is 7. The van der Waals surface area contributed by atoms with Crippen LogP contribution in [0.25, 0.3) is 89.7 Å². The molecular weight excluding hydrogens is 623 g/mol. The molecule has 0 aliphatic carbocycles. The van der Waals surface area contributed by atoms with E-state index in [0.29, 0.717) is 52.5 Å². The smallest absolute Gasteiger partial charge is 0.164 e.